The van der Waals surface area contributed by atoms with Gasteiger partial charge in [0.05, 0.1) is 13.2 Å². The molecule has 0 radical (unpaired) electrons. The second-order valence-electron chi connectivity index (χ2n) is 3.62. The van der Waals surface area contributed by atoms with Gasteiger partial charge in [-0.05, 0) is 18.4 Å². The highest BCUT2D eigenvalue weighted by Crippen LogP contribution is 2.01. The SMILES string of the molecule is CSCCC(NC(=O)OCCOCCO[N+](=O)[O-])C(=O)O. The van der Waals surface area contributed by atoms with E-state index in [1.54, 1.807) is 0 Å². The van der Waals surface area contributed by atoms with Crippen molar-refractivity contribution in [2.75, 3.05) is 38.4 Å². The van der Waals surface area contributed by atoms with Crippen molar-refractivity contribution in [1.82, 2.24) is 5.32 Å². The van der Waals surface area contributed by atoms with E-state index >= 15 is 0 Å². The number of amides is 1. The number of carboxylic acid groups (broad SMARTS) is 1. The Morgan fingerprint density at radius 2 is 2.00 bits per heavy atom. The molecule has 11 heteroatoms. The average Bonchev–Trinajstić information content (AvgIpc) is 2.41. The number of rotatable bonds is 12. The van der Waals surface area contributed by atoms with Crippen molar-refractivity contribution in [1.29, 1.82) is 0 Å². The zero-order valence-electron chi connectivity index (χ0n) is 11.5. The number of thioether (sulfide) groups is 1. The number of hydrogen-bond donors (Lipinski definition) is 2. The molecule has 0 aliphatic carbocycles. The molecule has 0 fully saturated rings. The van der Waals surface area contributed by atoms with Crippen LogP contribution >= 0.6 is 11.8 Å². The van der Waals surface area contributed by atoms with Gasteiger partial charge in [0, 0.05) is 0 Å². The number of carbonyl (C=O) groups excluding carboxylic acids is 1. The van der Waals surface area contributed by atoms with Crippen molar-refractivity contribution in [2.24, 2.45) is 0 Å². The quantitative estimate of drug-likeness (QED) is 0.291. The summed E-state index contributed by atoms with van der Waals surface area (Å²) in [6, 6.07) is -1.00. The maximum absolute atomic E-state index is 11.3. The molecule has 0 heterocycles. The molecule has 1 amide bonds. The first kappa shape index (κ1) is 19.2. The maximum atomic E-state index is 11.3. The molecule has 0 saturated carbocycles. The lowest BCUT2D eigenvalue weighted by Gasteiger charge is -2.14. The fourth-order valence-corrected chi connectivity index (χ4v) is 1.61. The van der Waals surface area contributed by atoms with E-state index in [0.29, 0.717) is 12.2 Å². The Morgan fingerprint density at radius 1 is 1.33 bits per heavy atom. The molecular formula is C10H18N2O8S. The summed E-state index contributed by atoms with van der Waals surface area (Å²) >= 11 is 1.47. The highest BCUT2D eigenvalue weighted by molar-refractivity contribution is 7.98. The van der Waals surface area contributed by atoms with Crippen LogP contribution in [0, 0.1) is 10.1 Å². The first-order valence-electron chi connectivity index (χ1n) is 5.97. The van der Waals surface area contributed by atoms with Crippen LogP contribution in [0.4, 0.5) is 4.79 Å². The smallest absolute Gasteiger partial charge is 0.407 e. The topological polar surface area (TPSA) is 137 Å². The Bertz CT molecular complexity index is 341. The summed E-state index contributed by atoms with van der Waals surface area (Å²) in [7, 11) is 0. The minimum atomic E-state index is -1.13. The molecule has 0 rings (SSSR count). The van der Waals surface area contributed by atoms with Crippen molar-refractivity contribution in [2.45, 2.75) is 12.5 Å². The molecule has 2 N–H and O–H groups in total. The number of nitrogens with zero attached hydrogens (tertiary/aromatic N) is 1. The van der Waals surface area contributed by atoms with E-state index in [9.17, 15) is 19.7 Å². The van der Waals surface area contributed by atoms with Crippen LogP contribution in [0.15, 0.2) is 0 Å². The Kier molecular flexibility index (Phi) is 11.0. The molecule has 1 atom stereocenters. The minimum Gasteiger partial charge on any atom is -0.480 e. The predicted molar refractivity (Wildman–Crippen MR) is 72.7 cm³/mol. The molecule has 0 aromatic rings. The van der Waals surface area contributed by atoms with Crippen LogP contribution in [-0.4, -0.2) is 66.7 Å². The van der Waals surface area contributed by atoms with Crippen LogP contribution in [0.2, 0.25) is 0 Å². The lowest BCUT2D eigenvalue weighted by atomic mass is 10.2. The Morgan fingerprint density at radius 3 is 2.57 bits per heavy atom. The minimum absolute atomic E-state index is 0.0164. The zero-order valence-corrected chi connectivity index (χ0v) is 12.3. The van der Waals surface area contributed by atoms with Crippen molar-refractivity contribution >= 4 is 23.8 Å². The summed E-state index contributed by atoms with van der Waals surface area (Å²) in [5.74, 6) is -0.536. The van der Waals surface area contributed by atoms with E-state index in [0.717, 1.165) is 0 Å². The molecule has 0 aliphatic heterocycles. The largest absolute Gasteiger partial charge is 0.480 e. The summed E-state index contributed by atoms with van der Waals surface area (Å²) in [6.07, 6.45) is 1.27. The van der Waals surface area contributed by atoms with Crippen LogP contribution < -0.4 is 5.32 Å². The first-order chi connectivity index (χ1) is 9.97. The Labute approximate surface area is 125 Å². The molecule has 21 heavy (non-hydrogen) atoms. The molecule has 0 bridgehead atoms. The van der Waals surface area contributed by atoms with Gasteiger partial charge in [0.1, 0.15) is 19.3 Å². The van der Waals surface area contributed by atoms with Crippen LogP contribution in [0.1, 0.15) is 6.42 Å². The Hall–Kier alpha value is -1.75. The second kappa shape index (κ2) is 12.0. The third-order valence-electron chi connectivity index (χ3n) is 2.09. The van der Waals surface area contributed by atoms with E-state index in [1.807, 2.05) is 6.26 Å². The lowest BCUT2D eigenvalue weighted by molar-refractivity contribution is -0.758. The van der Waals surface area contributed by atoms with Crippen molar-refractivity contribution in [3.05, 3.63) is 10.1 Å². The number of nitrogens with one attached hydrogen (secondary N) is 1. The van der Waals surface area contributed by atoms with E-state index in [-0.39, 0.29) is 26.4 Å². The van der Waals surface area contributed by atoms with Gasteiger partial charge >= 0.3 is 12.1 Å². The van der Waals surface area contributed by atoms with Gasteiger partial charge in [-0.3, -0.25) is 0 Å². The third kappa shape index (κ3) is 11.8. The van der Waals surface area contributed by atoms with Gasteiger partial charge in [0.15, 0.2) is 0 Å². The van der Waals surface area contributed by atoms with E-state index in [4.69, 9.17) is 14.6 Å². The summed E-state index contributed by atoms with van der Waals surface area (Å²) in [4.78, 5) is 36.0. The van der Waals surface area contributed by atoms with Crippen molar-refractivity contribution in [3.63, 3.8) is 0 Å². The Balaban J connectivity index is 3.68. The first-order valence-corrected chi connectivity index (χ1v) is 7.36. The van der Waals surface area contributed by atoms with Gasteiger partial charge in [0.25, 0.3) is 5.09 Å². The fraction of sp³-hybridized carbons (Fsp3) is 0.800. The van der Waals surface area contributed by atoms with Crippen molar-refractivity contribution in [3.8, 4) is 0 Å². The summed E-state index contributed by atoms with van der Waals surface area (Å²) in [6.45, 7) is -0.303. The molecular weight excluding hydrogens is 308 g/mol. The van der Waals surface area contributed by atoms with Gasteiger partial charge in [0.2, 0.25) is 0 Å². The third-order valence-corrected chi connectivity index (χ3v) is 2.73. The normalized spacial score (nSPS) is 11.5. The molecule has 0 aliphatic rings. The number of carboxylic acids is 1. The number of alkyl carbamates (subject to hydrolysis) is 1. The monoisotopic (exact) mass is 326 g/mol. The molecule has 0 spiro atoms. The molecule has 0 saturated heterocycles. The molecule has 10 nitrogen and oxygen atoms in total. The number of aliphatic carboxylic acids is 1. The molecule has 0 aromatic carbocycles. The average molecular weight is 326 g/mol. The van der Waals surface area contributed by atoms with E-state index in [2.05, 4.69) is 10.2 Å². The van der Waals surface area contributed by atoms with Crippen LogP contribution in [0.3, 0.4) is 0 Å². The molecule has 1 unspecified atom stereocenters. The van der Waals surface area contributed by atoms with Gasteiger partial charge in [-0.15, -0.1) is 10.1 Å². The maximum Gasteiger partial charge on any atom is 0.407 e. The number of ether oxygens (including phenoxy) is 2. The van der Waals surface area contributed by atoms with Crippen LogP contribution in [-0.2, 0) is 19.1 Å². The molecule has 122 valence electrons. The van der Waals surface area contributed by atoms with Gasteiger partial charge in [-0.25, -0.2) is 9.59 Å². The van der Waals surface area contributed by atoms with Crippen molar-refractivity contribution < 1.29 is 34.1 Å². The lowest BCUT2D eigenvalue weighted by Crippen LogP contribution is -2.41. The van der Waals surface area contributed by atoms with E-state index < -0.39 is 23.2 Å². The van der Waals surface area contributed by atoms with Gasteiger partial charge in [-0.2, -0.15) is 11.8 Å². The zero-order chi connectivity index (χ0) is 16.1. The summed E-state index contributed by atoms with van der Waals surface area (Å²) < 4.78 is 9.61. The fourth-order valence-electron chi connectivity index (χ4n) is 1.14. The summed E-state index contributed by atoms with van der Waals surface area (Å²) in [5.41, 5.74) is 0. The van der Waals surface area contributed by atoms with Crippen LogP contribution in [0.5, 0.6) is 0 Å². The van der Waals surface area contributed by atoms with Gasteiger partial charge < -0.3 is 24.7 Å². The standard InChI is InChI=1S/C10H18N2O8S/c1-21-7-2-8(9(13)14)11-10(15)19-5-3-18-4-6-20-12(16)17/h8H,2-7H2,1H3,(H,11,15)(H,13,14). The van der Waals surface area contributed by atoms with Crippen LogP contribution in [0.25, 0.3) is 0 Å². The second-order valence-corrected chi connectivity index (χ2v) is 4.61. The van der Waals surface area contributed by atoms with Gasteiger partial charge in [-0.1, -0.05) is 0 Å². The highest BCUT2D eigenvalue weighted by Gasteiger charge is 2.19. The van der Waals surface area contributed by atoms with E-state index in [1.165, 1.54) is 11.8 Å². The highest BCUT2D eigenvalue weighted by atomic mass is 32.2. The molecule has 0 aromatic heterocycles. The number of hydrogen-bond acceptors (Lipinski definition) is 8. The summed E-state index contributed by atoms with van der Waals surface area (Å²) in [5, 5.41) is 20.0. The number of carbonyl (C=O) groups is 2. The predicted octanol–water partition coefficient (Wildman–Crippen LogP) is 0.144.